The van der Waals surface area contributed by atoms with Gasteiger partial charge in [-0.2, -0.15) is 0 Å². The highest BCUT2D eigenvalue weighted by Crippen LogP contribution is 2.28. The van der Waals surface area contributed by atoms with Crippen molar-refractivity contribution in [2.45, 2.75) is 52.1 Å². The summed E-state index contributed by atoms with van der Waals surface area (Å²) in [5.74, 6) is 0.438. The van der Waals surface area contributed by atoms with E-state index in [9.17, 15) is 0 Å². The van der Waals surface area contributed by atoms with Gasteiger partial charge in [0.15, 0.2) is 6.26 Å². The van der Waals surface area contributed by atoms with Gasteiger partial charge >= 0.3 is 5.95 Å². The van der Waals surface area contributed by atoms with Crippen LogP contribution in [0.3, 0.4) is 0 Å². The maximum atomic E-state index is 6.18. The molecule has 0 bridgehead atoms. The first-order chi connectivity index (χ1) is 12.1. The lowest BCUT2D eigenvalue weighted by Crippen LogP contribution is -2.29. The molecular formula is C22H30O3Si. The standard InChI is InChI=1S/C22H30O3Si/c1-22(2,3)24-20(25-26(4,5)6)17-23-21(18-13-9-7-10-14-18)19-15-11-8-12-16-19/h7-17,21H,1-6H3/b20-17+. The Morgan fingerprint density at radius 3 is 1.69 bits per heavy atom. The molecule has 0 atom stereocenters. The predicted molar refractivity (Wildman–Crippen MR) is 109 cm³/mol. The summed E-state index contributed by atoms with van der Waals surface area (Å²) in [4.78, 5) is 0. The summed E-state index contributed by atoms with van der Waals surface area (Å²) in [5.41, 5.74) is 1.81. The Labute approximate surface area is 158 Å². The Hall–Kier alpha value is -2.20. The Bertz CT molecular complexity index is 640. The van der Waals surface area contributed by atoms with E-state index in [4.69, 9.17) is 13.9 Å². The molecule has 4 heteroatoms. The number of hydrogen-bond donors (Lipinski definition) is 0. The van der Waals surface area contributed by atoms with E-state index >= 15 is 0 Å². The summed E-state index contributed by atoms with van der Waals surface area (Å²) in [5, 5.41) is 0. The van der Waals surface area contributed by atoms with Crippen LogP contribution in [0, 0.1) is 0 Å². The van der Waals surface area contributed by atoms with Crippen LogP contribution in [-0.4, -0.2) is 13.9 Å². The third kappa shape index (κ3) is 6.96. The summed E-state index contributed by atoms with van der Waals surface area (Å²) >= 11 is 0. The summed E-state index contributed by atoms with van der Waals surface area (Å²) < 4.78 is 18.3. The van der Waals surface area contributed by atoms with Crippen LogP contribution < -0.4 is 0 Å². The average molecular weight is 371 g/mol. The smallest absolute Gasteiger partial charge is 0.302 e. The van der Waals surface area contributed by atoms with E-state index in [2.05, 4.69) is 43.9 Å². The monoisotopic (exact) mass is 370 g/mol. The first-order valence-corrected chi connectivity index (χ1v) is 12.4. The molecule has 2 aromatic carbocycles. The highest BCUT2D eigenvalue weighted by molar-refractivity contribution is 6.69. The summed E-state index contributed by atoms with van der Waals surface area (Å²) in [6.45, 7) is 12.4. The maximum Gasteiger partial charge on any atom is 0.302 e. The summed E-state index contributed by atoms with van der Waals surface area (Å²) in [7, 11) is -1.82. The fourth-order valence-corrected chi connectivity index (χ4v) is 3.09. The van der Waals surface area contributed by atoms with Crippen molar-refractivity contribution in [1.82, 2.24) is 0 Å². The molecule has 0 aliphatic rings. The van der Waals surface area contributed by atoms with E-state index in [1.54, 1.807) is 6.26 Å². The molecule has 0 aromatic heterocycles. The summed E-state index contributed by atoms with van der Waals surface area (Å²) in [6, 6.07) is 20.3. The maximum absolute atomic E-state index is 6.18. The minimum Gasteiger partial charge on any atom is -0.518 e. The van der Waals surface area contributed by atoms with E-state index in [0.717, 1.165) is 11.1 Å². The fraction of sp³-hybridized carbons (Fsp3) is 0.364. The van der Waals surface area contributed by atoms with Gasteiger partial charge < -0.3 is 13.9 Å². The molecular weight excluding hydrogens is 340 g/mol. The van der Waals surface area contributed by atoms with Gasteiger partial charge in [-0.15, -0.1) is 0 Å². The Balaban J connectivity index is 2.31. The first-order valence-electron chi connectivity index (χ1n) is 8.98. The molecule has 2 rings (SSSR count). The van der Waals surface area contributed by atoms with E-state index in [-0.39, 0.29) is 11.7 Å². The van der Waals surface area contributed by atoms with Crippen molar-refractivity contribution in [1.29, 1.82) is 0 Å². The minimum absolute atomic E-state index is 0.221. The van der Waals surface area contributed by atoms with Crippen LogP contribution in [0.4, 0.5) is 0 Å². The molecule has 0 heterocycles. The predicted octanol–water partition coefficient (Wildman–Crippen LogP) is 6.26. The van der Waals surface area contributed by atoms with Crippen molar-refractivity contribution in [3.8, 4) is 0 Å². The Kier molecular flexibility index (Phi) is 6.54. The Morgan fingerprint density at radius 1 is 0.846 bits per heavy atom. The second-order valence-corrected chi connectivity index (χ2v) is 12.6. The molecule has 0 fully saturated rings. The fourth-order valence-electron chi connectivity index (χ4n) is 2.40. The quantitative estimate of drug-likeness (QED) is 0.425. The molecule has 0 aliphatic heterocycles. The molecule has 0 unspecified atom stereocenters. The van der Waals surface area contributed by atoms with Crippen molar-refractivity contribution >= 4 is 8.32 Å². The van der Waals surface area contributed by atoms with Gasteiger partial charge in [-0.3, -0.25) is 0 Å². The zero-order valence-electron chi connectivity index (χ0n) is 16.7. The number of rotatable bonds is 7. The zero-order valence-corrected chi connectivity index (χ0v) is 17.7. The molecule has 3 nitrogen and oxygen atoms in total. The van der Waals surface area contributed by atoms with Gasteiger partial charge in [0.1, 0.15) is 11.7 Å². The second kappa shape index (κ2) is 8.45. The normalized spacial score (nSPS) is 12.8. The molecule has 0 amide bonds. The van der Waals surface area contributed by atoms with E-state index < -0.39 is 8.32 Å². The van der Waals surface area contributed by atoms with Gasteiger partial charge in [-0.25, -0.2) is 0 Å². The topological polar surface area (TPSA) is 27.7 Å². The number of hydrogen-bond acceptors (Lipinski definition) is 3. The van der Waals surface area contributed by atoms with E-state index in [1.807, 2.05) is 57.2 Å². The SMILES string of the molecule is CC(C)(C)O/C(=C\OC(c1ccccc1)c1ccccc1)O[Si](C)(C)C. The lowest BCUT2D eigenvalue weighted by molar-refractivity contribution is -0.0196. The average Bonchev–Trinajstić information content (AvgIpc) is 2.54. The molecule has 140 valence electrons. The lowest BCUT2D eigenvalue weighted by atomic mass is 10.0. The van der Waals surface area contributed by atoms with Crippen LogP contribution >= 0.6 is 0 Å². The van der Waals surface area contributed by atoms with Crippen molar-refractivity contribution in [3.63, 3.8) is 0 Å². The van der Waals surface area contributed by atoms with Crippen LogP contribution in [0.15, 0.2) is 72.9 Å². The molecule has 0 saturated heterocycles. The van der Waals surface area contributed by atoms with Crippen molar-refractivity contribution in [2.24, 2.45) is 0 Å². The zero-order chi connectivity index (χ0) is 19.2. The first kappa shape index (κ1) is 20.1. The largest absolute Gasteiger partial charge is 0.518 e. The number of benzene rings is 2. The third-order valence-corrected chi connectivity index (χ3v) is 4.13. The molecule has 0 aliphatic carbocycles. The van der Waals surface area contributed by atoms with Crippen LogP contribution in [0.2, 0.25) is 19.6 Å². The van der Waals surface area contributed by atoms with Gasteiger partial charge in [0.05, 0.1) is 0 Å². The molecule has 26 heavy (non-hydrogen) atoms. The van der Waals surface area contributed by atoms with Gasteiger partial charge in [0, 0.05) is 0 Å². The molecule has 0 radical (unpaired) electrons. The molecule has 0 saturated carbocycles. The van der Waals surface area contributed by atoms with Crippen LogP contribution in [0.1, 0.15) is 38.0 Å². The highest BCUT2D eigenvalue weighted by atomic mass is 28.4. The van der Waals surface area contributed by atoms with E-state index in [0.29, 0.717) is 5.95 Å². The molecule has 2 aromatic rings. The minimum atomic E-state index is -1.82. The molecule has 0 spiro atoms. The second-order valence-electron chi connectivity index (χ2n) is 8.20. The van der Waals surface area contributed by atoms with Gasteiger partial charge in [0.2, 0.25) is 8.32 Å². The van der Waals surface area contributed by atoms with Crippen molar-refractivity contribution in [3.05, 3.63) is 84.0 Å². The Morgan fingerprint density at radius 2 is 1.31 bits per heavy atom. The molecule has 0 N–H and O–H groups in total. The van der Waals surface area contributed by atoms with Crippen LogP contribution in [-0.2, 0) is 13.9 Å². The highest BCUT2D eigenvalue weighted by Gasteiger charge is 2.24. The van der Waals surface area contributed by atoms with Crippen LogP contribution in [0.5, 0.6) is 0 Å². The van der Waals surface area contributed by atoms with E-state index in [1.165, 1.54) is 0 Å². The summed E-state index contributed by atoms with van der Waals surface area (Å²) in [6.07, 6.45) is 1.40. The van der Waals surface area contributed by atoms with Crippen molar-refractivity contribution < 1.29 is 13.9 Å². The van der Waals surface area contributed by atoms with Crippen molar-refractivity contribution in [2.75, 3.05) is 0 Å². The van der Waals surface area contributed by atoms with Gasteiger partial charge in [0.25, 0.3) is 0 Å². The number of ether oxygens (including phenoxy) is 2. The van der Waals surface area contributed by atoms with Gasteiger partial charge in [-0.05, 0) is 51.5 Å². The van der Waals surface area contributed by atoms with Gasteiger partial charge in [-0.1, -0.05) is 60.7 Å². The van der Waals surface area contributed by atoms with Crippen LogP contribution in [0.25, 0.3) is 0 Å². The third-order valence-electron chi connectivity index (χ3n) is 3.32. The lowest BCUT2D eigenvalue weighted by Gasteiger charge is -2.28.